The number of benzene rings is 2. The molecule has 0 spiro atoms. The summed E-state index contributed by atoms with van der Waals surface area (Å²) in [7, 11) is 0. The molecule has 0 aliphatic heterocycles. The first kappa shape index (κ1) is 17.5. The standard InChI is InChI=1S/C19H23N3O2/c1-11(2)18(23)21-15-8-6-13(4)17(10-15)22-19(24)16-9-14(20)7-5-12(16)3/h5-11H,20H2,1-4H3,(H,21,23)(H,22,24). The molecule has 2 aromatic rings. The van der Waals surface area contributed by atoms with Gasteiger partial charge < -0.3 is 16.4 Å². The maximum absolute atomic E-state index is 12.5. The second-order valence-corrected chi connectivity index (χ2v) is 6.20. The van der Waals surface area contributed by atoms with E-state index >= 15 is 0 Å². The molecule has 0 atom stereocenters. The Bertz CT molecular complexity index is 782. The Kier molecular flexibility index (Phi) is 5.24. The van der Waals surface area contributed by atoms with Gasteiger partial charge in [0, 0.05) is 28.5 Å². The van der Waals surface area contributed by atoms with E-state index in [4.69, 9.17) is 5.73 Å². The van der Waals surface area contributed by atoms with Crippen molar-refractivity contribution >= 4 is 28.9 Å². The summed E-state index contributed by atoms with van der Waals surface area (Å²) >= 11 is 0. The highest BCUT2D eigenvalue weighted by Gasteiger charge is 2.13. The van der Waals surface area contributed by atoms with E-state index in [-0.39, 0.29) is 17.7 Å². The Morgan fingerprint density at radius 2 is 1.62 bits per heavy atom. The maximum atomic E-state index is 12.5. The van der Waals surface area contributed by atoms with E-state index in [9.17, 15) is 9.59 Å². The van der Waals surface area contributed by atoms with Gasteiger partial charge >= 0.3 is 0 Å². The van der Waals surface area contributed by atoms with Crippen LogP contribution in [-0.4, -0.2) is 11.8 Å². The zero-order valence-corrected chi connectivity index (χ0v) is 14.4. The summed E-state index contributed by atoms with van der Waals surface area (Å²) in [6.45, 7) is 7.42. The lowest BCUT2D eigenvalue weighted by atomic mass is 10.1. The molecule has 0 fully saturated rings. The molecular weight excluding hydrogens is 302 g/mol. The fourth-order valence-corrected chi connectivity index (χ4v) is 2.19. The van der Waals surface area contributed by atoms with E-state index in [1.807, 2.05) is 45.9 Å². The van der Waals surface area contributed by atoms with Gasteiger partial charge in [0.1, 0.15) is 0 Å². The molecule has 2 amide bonds. The number of hydrogen-bond donors (Lipinski definition) is 3. The highest BCUT2D eigenvalue weighted by atomic mass is 16.2. The van der Waals surface area contributed by atoms with E-state index in [1.54, 1.807) is 18.2 Å². The van der Waals surface area contributed by atoms with Crippen LogP contribution in [0.3, 0.4) is 0 Å². The van der Waals surface area contributed by atoms with Crippen LogP contribution < -0.4 is 16.4 Å². The smallest absolute Gasteiger partial charge is 0.256 e. The number of carbonyl (C=O) groups is 2. The molecule has 0 saturated carbocycles. The summed E-state index contributed by atoms with van der Waals surface area (Å²) < 4.78 is 0. The van der Waals surface area contributed by atoms with Crippen molar-refractivity contribution in [2.45, 2.75) is 27.7 Å². The second-order valence-electron chi connectivity index (χ2n) is 6.20. The summed E-state index contributed by atoms with van der Waals surface area (Å²) in [5.41, 5.74) is 9.91. The third-order valence-corrected chi connectivity index (χ3v) is 3.78. The number of aryl methyl sites for hydroxylation is 2. The maximum Gasteiger partial charge on any atom is 0.256 e. The van der Waals surface area contributed by atoms with Crippen molar-refractivity contribution in [3.63, 3.8) is 0 Å². The van der Waals surface area contributed by atoms with Gasteiger partial charge in [0.05, 0.1) is 0 Å². The van der Waals surface area contributed by atoms with Crippen molar-refractivity contribution in [1.29, 1.82) is 0 Å². The fourth-order valence-electron chi connectivity index (χ4n) is 2.19. The average Bonchev–Trinajstić information content (AvgIpc) is 2.52. The summed E-state index contributed by atoms with van der Waals surface area (Å²) in [4.78, 5) is 24.3. The molecule has 0 saturated heterocycles. The van der Waals surface area contributed by atoms with Crippen LogP contribution >= 0.6 is 0 Å². The third-order valence-electron chi connectivity index (χ3n) is 3.78. The van der Waals surface area contributed by atoms with Gasteiger partial charge in [-0.25, -0.2) is 0 Å². The average molecular weight is 325 g/mol. The molecule has 0 aliphatic rings. The number of rotatable bonds is 4. The Morgan fingerprint density at radius 1 is 0.958 bits per heavy atom. The molecule has 126 valence electrons. The van der Waals surface area contributed by atoms with Crippen molar-refractivity contribution < 1.29 is 9.59 Å². The molecule has 5 heteroatoms. The minimum Gasteiger partial charge on any atom is -0.399 e. The van der Waals surface area contributed by atoms with E-state index in [0.717, 1.165) is 11.1 Å². The molecule has 0 heterocycles. The normalized spacial score (nSPS) is 10.5. The number of hydrogen-bond acceptors (Lipinski definition) is 3. The Hall–Kier alpha value is -2.82. The number of nitrogen functional groups attached to an aromatic ring is 1. The molecule has 2 rings (SSSR count). The first-order valence-corrected chi connectivity index (χ1v) is 7.87. The number of nitrogens with two attached hydrogens (primary N) is 1. The predicted molar refractivity (Wildman–Crippen MR) is 98.2 cm³/mol. The summed E-state index contributed by atoms with van der Waals surface area (Å²) in [5, 5.41) is 5.72. The molecular formula is C19H23N3O2. The predicted octanol–water partition coefficient (Wildman–Crippen LogP) is 3.73. The Balaban J connectivity index is 2.24. The minimum absolute atomic E-state index is 0.0668. The summed E-state index contributed by atoms with van der Waals surface area (Å²) in [6.07, 6.45) is 0. The quantitative estimate of drug-likeness (QED) is 0.749. The zero-order chi connectivity index (χ0) is 17.9. The lowest BCUT2D eigenvalue weighted by molar-refractivity contribution is -0.118. The van der Waals surface area contributed by atoms with Crippen LogP contribution in [0.15, 0.2) is 36.4 Å². The first-order chi connectivity index (χ1) is 11.3. The molecule has 0 bridgehead atoms. The molecule has 0 unspecified atom stereocenters. The molecule has 0 radical (unpaired) electrons. The molecule has 4 N–H and O–H groups in total. The fraction of sp³-hybridized carbons (Fsp3) is 0.263. The van der Waals surface area contributed by atoms with Crippen LogP contribution in [0.5, 0.6) is 0 Å². The highest BCUT2D eigenvalue weighted by molar-refractivity contribution is 6.06. The zero-order valence-electron chi connectivity index (χ0n) is 14.4. The van der Waals surface area contributed by atoms with E-state index in [2.05, 4.69) is 10.6 Å². The Morgan fingerprint density at radius 3 is 2.29 bits per heavy atom. The van der Waals surface area contributed by atoms with Crippen LogP contribution in [0.25, 0.3) is 0 Å². The SMILES string of the molecule is Cc1ccc(NC(=O)C(C)C)cc1NC(=O)c1cc(N)ccc1C. The molecule has 0 aromatic heterocycles. The molecule has 2 aromatic carbocycles. The molecule has 24 heavy (non-hydrogen) atoms. The van der Waals surface area contributed by atoms with Crippen LogP contribution in [0.1, 0.15) is 35.3 Å². The van der Waals surface area contributed by atoms with Crippen molar-refractivity contribution in [3.8, 4) is 0 Å². The Labute approximate surface area is 142 Å². The van der Waals surface area contributed by atoms with Gasteiger partial charge in [0.2, 0.25) is 5.91 Å². The molecule has 0 aliphatic carbocycles. The lowest BCUT2D eigenvalue weighted by Crippen LogP contribution is -2.18. The number of amides is 2. The monoisotopic (exact) mass is 325 g/mol. The van der Waals surface area contributed by atoms with E-state index < -0.39 is 0 Å². The van der Waals surface area contributed by atoms with Gasteiger partial charge in [-0.1, -0.05) is 26.0 Å². The number of anilines is 3. The number of nitrogens with one attached hydrogen (secondary N) is 2. The third kappa shape index (κ3) is 4.13. The first-order valence-electron chi connectivity index (χ1n) is 7.87. The van der Waals surface area contributed by atoms with Crippen LogP contribution in [0, 0.1) is 19.8 Å². The van der Waals surface area contributed by atoms with Crippen LogP contribution in [0.4, 0.5) is 17.1 Å². The number of carbonyl (C=O) groups excluding carboxylic acids is 2. The van der Waals surface area contributed by atoms with Crippen molar-refractivity contribution in [1.82, 2.24) is 0 Å². The van der Waals surface area contributed by atoms with Gasteiger partial charge in [-0.2, -0.15) is 0 Å². The van der Waals surface area contributed by atoms with E-state index in [1.165, 1.54) is 0 Å². The van der Waals surface area contributed by atoms with Crippen LogP contribution in [0.2, 0.25) is 0 Å². The summed E-state index contributed by atoms with van der Waals surface area (Å²) in [5.74, 6) is -0.405. The highest BCUT2D eigenvalue weighted by Crippen LogP contribution is 2.22. The van der Waals surface area contributed by atoms with Crippen molar-refractivity contribution in [3.05, 3.63) is 53.1 Å². The van der Waals surface area contributed by atoms with Gasteiger partial charge in [-0.15, -0.1) is 0 Å². The van der Waals surface area contributed by atoms with Crippen molar-refractivity contribution in [2.24, 2.45) is 5.92 Å². The largest absolute Gasteiger partial charge is 0.399 e. The van der Waals surface area contributed by atoms with Gasteiger partial charge in [-0.3, -0.25) is 9.59 Å². The second kappa shape index (κ2) is 7.17. The van der Waals surface area contributed by atoms with Gasteiger partial charge in [0.25, 0.3) is 5.91 Å². The lowest BCUT2D eigenvalue weighted by Gasteiger charge is -2.13. The minimum atomic E-state index is -0.227. The topological polar surface area (TPSA) is 84.2 Å². The molecule has 5 nitrogen and oxygen atoms in total. The van der Waals surface area contributed by atoms with Gasteiger partial charge in [-0.05, 0) is 49.2 Å². The van der Waals surface area contributed by atoms with Crippen LogP contribution in [-0.2, 0) is 4.79 Å². The summed E-state index contributed by atoms with van der Waals surface area (Å²) in [6, 6.07) is 10.7. The van der Waals surface area contributed by atoms with Crippen molar-refractivity contribution in [2.75, 3.05) is 16.4 Å². The van der Waals surface area contributed by atoms with E-state index in [0.29, 0.717) is 22.6 Å². The van der Waals surface area contributed by atoms with Gasteiger partial charge in [0.15, 0.2) is 0 Å².